The summed E-state index contributed by atoms with van der Waals surface area (Å²) in [5, 5.41) is 12.1. The Hall–Kier alpha value is -1.59. The van der Waals surface area contributed by atoms with Crippen LogP contribution in [0.25, 0.3) is 0 Å². The highest BCUT2D eigenvalue weighted by atomic mass is 16.6. The van der Waals surface area contributed by atoms with Crippen molar-refractivity contribution >= 4 is 18.0 Å². The van der Waals surface area contributed by atoms with Gasteiger partial charge >= 0.3 is 12.1 Å². The molecule has 6 heteroatoms. The van der Waals surface area contributed by atoms with Gasteiger partial charge in [0.1, 0.15) is 6.04 Å². The number of amides is 1. The van der Waals surface area contributed by atoms with E-state index in [4.69, 9.17) is 0 Å². The standard InChI is InChI=1S/C6H7NO5/c8-4(9)2-1-3-5(10)12-6(11)7-3/h3H,1-2H2,(H,7,11)(H,8,9)/p-1. The van der Waals surface area contributed by atoms with Gasteiger partial charge in [-0.25, -0.2) is 9.59 Å². The highest BCUT2D eigenvalue weighted by Crippen LogP contribution is 2.05. The quantitative estimate of drug-likeness (QED) is 0.398. The third-order valence-corrected chi connectivity index (χ3v) is 1.41. The second-order valence-electron chi connectivity index (χ2n) is 2.32. The number of esters is 1. The Morgan fingerprint density at radius 1 is 1.58 bits per heavy atom. The van der Waals surface area contributed by atoms with Crippen molar-refractivity contribution < 1.29 is 24.2 Å². The molecule has 0 aromatic carbocycles. The van der Waals surface area contributed by atoms with Crippen molar-refractivity contribution in [2.75, 3.05) is 0 Å². The van der Waals surface area contributed by atoms with Crippen LogP contribution in [0.4, 0.5) is 4.79 Å². The van der Waals surface area contributed by atoms with Crippen LogP contribution >= 0.6 is 0 Å². The van der Waals surface area contributed by atoms with Crippen LogP contribution in [0, 0.1) is 0 Å². The lowest BCUT2D eigenvalue weighted by atomic mass is 10.2. The summed E-state index contributed by atoms with van der Waals surface area (Å²) in [5.41, 5.74) is 0. The van der Waals surface area contributed by atoms with E-state index in [1.807, 2.05) is 0 Å². The number of alkyl carbamates (subject to hydrolysis) is 1. The molecule has 1 unspecified atom stereocenters. The molecule has 1 saturated heterocycles. The Balaban J connectivity index is 2.38. The summed E-state index contributed by atoms with van der Waals surface area (Å²) in [5.74, 6) is -2.00. The largest absolute Gasteiger partial charge is 0.550 e. The van der Waals surface area contributed by atoms with Gasteiger partial charge in [-0.3, -0.25) is 0 Å². The summed E-state index contributed by atoms with van der Waals surface area (Å²) in [4.78, 5) is 31.0. The molecule has 1 amide bonds. The molecule has 6 nitrogen and oxygen atoms in total. The molecule has 0 radical (unpaired) electrons. The minimum absolute atomic E-state index is 0.00685. The molecule has 1 rings (SSSR count). The van der Waals surface area contributed by atoms with Crippen molar-refractivity contribution in [1.82, 2.24) is 5.32 Å². The van der Waals surface area contributed by atoms with Crippen molar-refractivity contribution in [2.24, 2.45) is 0 Å². The smallest absolute Gasteiger partial charge is 0.415 e. The molecular weight excluding hydrogens is 166 g/mol. The first-order valence-electron chi connectivity index (χ1n) is 3.31. The number of carboxylic acids is 1. The van der Waals surface area contributed by atoms with Crippen molar-refractivity contribution in [2.45, 2.75) is 18.9 Å². The molecular formula is C6H6NO5-. The second-order valence-corrected chi connectivity index (χ2v) is 2.32. The van der Waals surface area contributed by atoms with E-state index in [0.29, 0.717) is 0 Å². The highest BCUT2D eigenvalue weighted by Gasteiger charge is 2.31. The number of carbonyl (C=O) groups excluding carboxylic acids is 3. The average Bonchev–Trinajstić information content (AvgIpc) is 2.26. The van der Waals surface area contributed by atoms with Gasteiger partial charge in [-0.05, 0) is 12.8 Å². The van der Waals surface area contributed by atoms with Crippen molar-refractivity contribution in [3.05, 3.63) is 0 Å². The number of hydrogen-bond acceptors (Lipinski definition) is 5. The Labute approximate surface area is 67.5 Å². The number of hydrogen-bond donors (Lipinski definition) is 1. The van der Waals surface area contributed by atoms with E-state index in [1.165, 1.54) is 0 Å². The molecule has 1 atom stereocenters. The molecule has 12 heavy (non-hydrogen) atoms. The van der Waals surface area contributed by atoms with Gasteiger partial charge < -0.3 is 20.0 Å². The molecule has 0 aliphatic carbocycles. The lowest BCUT2D eigenvalue weighted by Crippen LogP contribution is -2.31. The van der Waals surface area contributed by atoms with Gasteiger partial charge in [0.2, 0.25) is 0 Å². The van der Waals surface area contributed by atoms with E-state index in [1.54, 1.807) is 0 Å². The minimum atomic E-state index is -1.26. The Morgan fingerprint density at radius 3 is 2.67 bits per heavy atom. The Morgan fingerprint density at radius 2 is 2.25 bits per heavy atom. The van der Waals surface area contributed by atoms with Gasteiger partial charge in [0, 0.05) is 5.97 Å². The normalized spacial score (nSPS) is 21.8. The van der Waals surface area contributed by atoms with Crippen LogP contribution in [0.3, 0.4) is 0 Å². The van der Waals surface area contributed by atoms with Crippen LogP contribution in [0.15, 0.2) is 0 Å². The Kier molecular flexibility index (Phi) is 2.27. The van der Waals surface area contributed by atoms with Crippen LogP contribution in [0.5, 0.6) is 0 Å². The van der Waals surface area contributed by atoms with E-state index in [2.05, 4.69) is 10.1 Å². The minimum Gasteiger partial charge on any atom is -0.550 e. The summed E-state index contributed by atoms with van der Waals surface area (Å²) in [6, 6.07) is -0.838. The van der Waals surface area contributed by atoms with E-state index in [-0.39, 0.29) is 12.8 Å². The lowest BCUT2D eigenvalue weighted by Gasteiger charge is -2.04. The fourth-order valence-electron chi connectivity index (χ4n) is 0.845. The van der Waals surface area contributed by atoms with Gasteiger partial charge in [-0.2, -0.15) is 0 Å². The third-order valence-electron chi connectivity index (χ3n) is 1.41. The third kappa shape index (κ3) is 1.94. The maximum atomic E-state index is 10.7. The van der Waals surface area contributed by atoms with Crippen LogP contribution in [0.2, 0.25) is 0 Å². The first kappa shape index (κ1) is 8.51. The number of nitrogens with one attached hydrogen (secondary N) is 1. The van der Waals surface area contributed by atoms with Crippen molar-refractivity contribution in [3.63, 3.8) is 0 Å². The predicted octanol–water partition coefficient (Wildman–Crippen LogP) is -1.85. The van der Waals surface area contributed by atoms with E-state index >= 15 is 0 Å². The topological polar surface area (TPSA) is 95.5 Å². The summed E-state index contributed by atoms with van der Waals surface area (Å²) in [7, 11) is 0. The second kappa shape index (κ2) is 3.21. The fourth-order valence-corrected chi connectivity index (χ4v) is 0.845. The molecule has 0 spiro atoms. The number of carboxylic acid groups (broad SMARTS) is 1. The molecule has 66 valence electrons. The van der Waals surface area contributed by atoms with Crippen LogP contribution < -0.4 is 10.4 Å². The van der Waals surface area contributed by atoms with Gasteiger partial charge in [0.15, 0.2) is 0 Å². The summed E-state index contributed by atoms with van der Waals surface area (Å²) in [6.45, 7) is 0. The lowest BCUT2D eigenvalue weighted by molar-refractivity contribution is -0.305. The predicted molar refractivity (Wildman–Crippen MR) is 32.7 cm³/mol. The van der Waals surface area contributed by atoms with E-state index < -0.39 is 24.1 Å². The maximum Gasteiger partial charge on any atom is 0.415 e. The number of cyclic esters (lactones) is 2. The molecule has 0 saturated carbocycles. The fraction of sp³-hybridized carbons (Fsp3) is 0.500. The molecule has 1 fully saturated rings. The first-order valence-corrected chi connectivity index (χ1v) is 3.31. The summed E-state index contributed by atoms with van der Waals surface area (Å²) >= 11 is 0. The molecule has 0 bridgehead atoms. The summed E-state index contributed by atoms with van der Waals surface area (Å²) in [6.07, 6.45) is -1.10. The number of ether oxygens (including phenoxy) is 1. The maximum absolute atomic E-state index is 10.7. The monoisotopic (exact) mass is 172 g/mol. The van der Waals surface area contributed by atoms with E-state index in [0.717, 1.165) is 0 Å². The van der Waals surface area contributed by atoms with Crippen LogP contribution in [-0.4, -0.2) is 24.1 Å². The average molecular weight is 172 g/mol. The number of rotatable bonds is 3. The SMILES string of the molecule is O=C([O-])CCC1NC(=O)OC1=O. The van der Waals surface area contributed by atoms with Crippen molar-refractivity contribution in [3.8, 4) is 0 Å². The van der Waals surface area contributed by atoms with Gasteiger partial charge in [0.25, 0.3) is 0 Å². The zero-order valence-corrected chi connectivity index (χ0v) is 6.03. The molecule has 1 N–H and O–H groups in total. The number of aliphatic carboxylic acids is 1. The number of carbonyl (C=O) groups is 3. The van der Waals surface area contributed by atoms with Gasteiger partial charge in [-0.1, -0.05) is 0 Å². The zero-order valence-electron chi connectivity index (χ0n) is 6.03. The van der Waals surface area contributed by atoms with E-state index in [9.17, 15) is 19.5 Å². The van der Waals surface area contributed by atoms with Gasteiger partial charge in [0.05, 0.1) is 0 Å². The molecule has 1 aliphatic heterocycles. The Bertz CT molecular complexity index is 236. The molecule has 1 aliphatic rings. The zero-order chi connectivity index (χ0) is 9.14. The first-order chi connectivity index (χ1) is 5.59. The summed E-state index contributed by atoms with van der Waals surface area (Å²) < 4.78 is 4.10. The van der Waals surface area contributed by atoms with Crippen molar-refractivity contribution in [1.29, 1.82) is 0 Å². The highest BCUT2D eigenvalue weighted by molar-refractivity contribution is 5.95. The van der Waals surface area contributed by atoms with Gasteiger partial charge in [-0.15, -0.1) is 0 Å². The molecule has 0 aromatic rings. The van der Waals surface area contributed by atoms with Crippen LogP contribution in [-0.2, 0) is 14.3 Å². The van der Waals surface area contributed by atoms with Crippen LogP contribution in [0.1, 0.15) is 12.8 Å². The molecule has 1 heterocycles. The molecule has 0 aromatic heterocycles.